The summed E-state index contributed by atoms with van der Waals surface area (Å²) in [4.78, 5) is 16.9. The first-order valence-corrected chi connectivity index (χ1v) is 55.3. The molecule has 23 heteroatoms. The fourth-order valence-electron chi connectivity index (χ4n) is 14.3. The largest absolute Gasteiger partial charge is 0.768 e. The highest BCUT2D eigenvalue weighted by atomic mass is 127. The van der Waals surface area contributed by atoms with Gasteiger partial charge in [-0.25, -0.2) is 0 Å². The van der Waals surface area contributed by atoms with Crippen LogP contribution in [-0.4, -0.2) is 181 Å². The molecule has 6 heterocycles. The SMILES string of the molecule is C=C1C[C@H](CCC2OCCO2)O[C@H]1CC[C@H]1C[C@@H](C)C(=C)[C@@H](C[C@@H]2O[C@H](C[C@@H](CO[Si](C)(C)C(C)(C)C)O[Si](C)(C)C(C)(C)C)[C@H](OC)[C@H]2CC(=O)C(c2cc(C)ccc2S(=O)[O-])[C@H]2CC[C@@H]3O[C@@H](C(/C=C/I)O[Si](C)(C)C(C)(C)C)C(O[Si](C)(C)C(C)(C)C)C(O[Si](C)(C)C(C)(C)C)[C@H]3O2)O1. The van der Waals surface area contributed by atoms with Crippen LogP contribution in [0, 0.1) is 18.8 Å². The van der Waals surface area contributed by atoms with Crippen LogP contribution in [0.1, 0.15) is 198 Å². The molecule has 16 nitrogen and oxygen atoms in total. The van der Waals surface area contributed by atoms with Crippen molar-refractivity contribution >= 4 is 81.0 Å². The van der Waals surface area contributed by atoms with Crippen molar-refractivity contribution in [2.45, 2.75) is 388 Å². The number of hydrogen-bond donors (Lipinski definition) is 0. The summed E-state index contributed by atoms with van der Waals surface area (Å²) in [6.07, 6.45) is 1.63. The van der Waals surface area contributed by atoms with Crippen LogP contribution in [0.4, 0.5) is 0 Å². The minimum absolute atomic E-state index is 0.0143. The van der Waals surface area contributed by atoms with Gasteiger partial charge < -0.3 is 64.6 Å². The van der Waals surface area contributed by atoms with Crippen molar-refractivity contribution in [1.29, 1.82) is 0 Å². The lowest BCUT2D eigenvalue weighted by Gasteiger charge is -2.56. The maximum Gasteiger partial charge on any atom is 0.193 e. The van der Waals surface area contributed by atoms with Crippen molar-refractivity contribution < 1.29 is 73.6 Å². The van der Waals surface area contributed by atoms with Gasteiger partial charge in [-0.15, -0.1) is 0 Å². The summed E-state index contributed by atoms with van der Waals surface area (Å²) in [5, 5.41) is -0.675. The van der Waals surface area contributed by atoms with Gasteiger partial charge in [0, 0.05) is 43.6 Å². The third kappa shape index (κ3) is 21.8. The molecule has 1 aromatic carbocycles. The van der Waals surface area contributed by atoms with E-state index in [0.29, 0.717) is 51.1 Å². The summed E-state index contributed by atoms with van der Waals surface area (Å²) in [6.45, 7) is 71.7. The monoisotopic (exact) mass is 1640 g/mol. The van der Waals surface area contributed by atoms with Crippen LogP contribution in [0.25, 0.3) is 0 Å². The Morgan fingerprint density at radius 1 is 0.686 bits per heavy atom. The molecule has 0 aliphatic carbocycles. The molecule has 6 aliphatic rings. The third-order valence-corrected chi connectivity index (χ3v) is 49.5. The third-order valence-electron chi connectivity index (χ3n) is 25.9. The summed E-state index contributed by atoms with van der Waals surface area (Å²) in [5.41, 5.74) is 3.33. The lowest BCUT2D eigenvalue weighted by Crippen LogP contribution is -2.69. The van der Waals surface area contributed by atoms with E-state index in [1.54, 1.807) is 19.2 Å². The maximum atomic E-state index is 16.8. The van der Waals surface area contributed by atoms with E-state index in [4.69, 9.17) is 66.6 Å². The molecule has 7 rings (SSSR count). The first kappa shape index (κ1) is 88.7. The number of benzene rings is 1. The molecular formula is C79H140IO16SSi5-. The Morgan fingerprint density at radius 3 is 1.80 bits per heavy atom. The standard InChI is InChI=1S/C79H141IO16SSi5/c1-50-31-37-67(97(82)83)58(43-50)69(61-35-36-62-71(91-61)73(95-101(27,28)78(14,15)16)74(96-102(29,30)79(17,18)19)72(92-62)63(39-40-80)94-100(25,26)77(11,12)13)59(81)47-57-65(90-66(70(57)84-20)46-56(93-99(23,24)76(8,9)10)49-87-98(21,22)75(5,6)7)48-64-53(4)51(2)44-54(89-64)32-34-60-52(3)45-55(88-60)33-38-68-85-41-42-86-68/h31,37,39-40,43,51,54-57,60-66,68-74H,3-4,32-36,38,41-42,44-49H2,1-2,5-30H3,(H,82,83)/p-1/b40-39+/t51-,54+,55+,56+,57+,60+,61-,62+,63?,64-,65+,66-,69?,70-,71+,72+,73?,74?/m1/s1. The fourth-order valence-corrected chi connectivity index (χ4v) is 21.5. The van der Waals surface area contributed by atoms with E-state index < -0.39 is 132 Å². The van der Waals surface area contributed by atoms with Gasteiger partial charge in [0.05, 0.1) is 92.9 Å². The van der Waals surface area contributed by atoms with Crippen LogP contribution in [-0.2, 0) is 75.9 Å². The number of halogens is 1. The Balaban J connectivity index is 1.32. The van der Waals surface area contributed by atoms with Gasteiger partial charge in [0.2, 0.25) is 0 Å². The van der Waals surface area contributed by atoms with E-state index in [9.17, 15) is 8.76 Å². The van der Waals surface area contributed by atoms with Gasteiger partial charge in [-0.2, -0.15) is 0 Å². The molecule has 6 aliphatic heterocycles. The van der Waals surface area contributed by atoms with Crippen LogP contribution >= 0.6 is 22.6 Å². The van der Waals surface area contributed by atoms with Crippen LogP contribution in [0.15, 0.2) is 57.6 Å². The van der Waals surface area contributed by atoms with E-state index >= 15 is 4.79 Å². The molecule has 0 radical (unpaired) electrons. The quantitative estimate of drug-likeness (QED) is 0.0307. The smallest absolute Gasteiger partial charge is 0.193 e. The van der Waals surface area contributed by atoms with Crippen molar-refractivity contribution in [3.05, 3.63) is 63.8 Å². The van der Waals surface area contributed by atoms with E-state index in [2.05, 4.69) is 211 Å². The zero-order valence-corrected chi connectivity index (χ0v) is 76.5. The summed E-state index contributed by atoms with van der Waals surface area (Å²) in [5.74, 6) is -1.59. The van der Waals surface area contributed by atoms with Crippen molar-refractivity contribution in [1.82, 2.24) is 0 Å². The van der Waals surface area contributed by atoms with Crippen LogP contribution < -0.4 is 0 Å². The van der Waals surface area contributed by atoms with Gasteiger partial charge in [-0.1, -0.05) is 164 Å². The highest BCUT2D eigenvalue weighted by Gasteiger charge is 2.60. The predicted octanol–water partition coefficient (Wildman–Crippen LogP) is 19.3. The Morgan fingerprint density at radius 2 is 1.25 bits per heavy atom. The molecule has 102 heavy (non-hydrogen) atoms. The van der Waals surface area contributed by atoms with Crippen molar-refractivity contribution in [3.63, 3.8) is 0 Å². The van der Waals surface area contributed by atoms with Crippen molar-refractivity contribution in [2.75, 3.05) is 26.9 Å². The van der Waals surface area contributed by atoms with Crippen LogP contribution in [0.3, 0.4) is 0 Å². The molecule has 6 saturated heterocycles. The highest BCUT2D eigenvalue weighted by molar-refractivity contribution is 14.1. The number of methoxy groups -OCH3 is 1. The van der Waals surface area contributed by atoms with Gasteiger partial charge in [0.1, 0.15) is 30.2 Å². The van der Waals surface area contributed by atoms with Gasteiger partial charge in [-0.3, -0.25) is 9.00 Å². The molecule has 0 amide bonds. The molecule has 0 N–H and O–H groups in total. The second-order valence-electron chi connectivity index (χ2n) is 38.6. The van der Waals surface area contributed by atoms with E-state index in [0.717, 1.165) is 55.2 Å². The number of ether oxygens (including phenoxy) is 8. The van der Waals surface area contributed by atoms with Gasteiger partial charge >= 0.3 is 0 Å². The molecule has 0 aromatic heterocycles. The maximum absolute atomic E-state index is 16.8. The highest BCUT2D eigenvalue weighted by Crippen LogP contribution is 2.51. The molecule has 0 bridgehead atoms. The summed E-state index contributed by atoms with van der Waals surface area (Å²) < 4.78 is 122. The molecule has 586 valence electrons. The van der Waals surface area contributed by atoms with Gasteiger partial charge in [0.25, 0.3) is 0 Å². The number of rotatable bonds is 30. The Hall–Kier alpha value is -0.486. The molecule has 19 atom stereocenters. The summed E-state index contributed by atoms with van der Waals surface area (Å²) in [6, 6.07) is 5.31. The van der Waals surface area contributed by atoms with Crippen molar-refractivity contribution in [2.24, 2.45) is 11.8 Å². The molecule has 6 fully saturated rings. The average molecular weight is 1650 g/mol. The normalized spacial score (nSPS) is 30.9. The lowest BCUT2D eigenvalue weighted by atomic mass is 9.77. The van der Waals surface area contributed by atoms with Crippen molar-refractivity contribution in [3.8, 4) is 0 Å². The number of aryl methyl sites for hydroxylation is 1. The molecule has 0 spiro atoms. The van der Waals surface area contributed by atoms with Gasteiger partial charge in [-0.05, 0) is 192 Å². The lowest BCUT2D eigenvalue weighted by molar-refractivity contribution is -0.268. The number of carbonyl (C=O) groups is 1. The molecular weight excluding hydrogens is 1500 g/mol. The Kier molecular flexibility index (Phi) is 30.1. The number of hydrogen-bond acceptors (Lipinski definition) is 16. The summed E-state index contributed by atoms with van der Waals surface area (Å²) in [7, 11) is -10.8. The second kappa shape index (κ2) is 34.6. The predicted molar refractivity (Wildman–Crippen MR) is 432 cm³/mol. The number of Topliss-reactive ketones (excluding diaryl/α,β-unsaturated/α-hetero) is 1. The average Bonchev–Trinajstić information content (AvgIpc) is 0.977. The number of ketones is 1. The van der Waals surface area contributed by atoms with E-state index in [1.165, 1.54) is 0 Å². The number of carbonyl (C=O) groups excluding carboxylic acids is 1. The molecule has 5 unspecified atom stereocenters. The summed E-state index contributed by atoms with van der Waals surface area (Å²) >= 11 is -0.423. The minimum Gasteiger partial charge on any atom is -0.768 e. The zero-order chi connectivity index (χ0) is 76.6. The first-order chi connectivity index (χ1) is 46.7. The Bertz CT molecular complexity index is 3010. The van der Waals surface area contributed by atoms with Crippen LogP contribution in [0.2, 0.25) is 90.7 Å². The zero-order valence-electron chi connectivity index (χ0n) is 68.5. The molecule has 0 saturated carbocycles. The molecule has 1 aromatic rings. The Labute approximate surface area is 640 Å². The van der Waals surface area contributed by atoms with Crippen LogP contribution in [0.5, 0.6) is 0 Å². The second-order valence-corrected chi connectivity index (χ2v) is 64.1. The van der Waals surface area contributed by atoms with E-state index in [-0.39, 0.29) is 78.9 Å². The van der Waals surface area contributed by atoms with Gasteiger partial charge in [0.15, 0.2) is 47.9 Å². The first-order valence-electron chi connectivity index (χ1n) is 38.5. The minimum atomic E-state index is -2.72. The van der Waals surface area contributed by atoms with E-state index in [1.807, 2.05) is 17.1 Å². The number of fused-ring (bicyclic) bond motifs is 1. The topological polar surface area (TPSA) is 177 Å². The fraction of sp³-hybridized carbons (Fsp3) is 0.835.